The Morgan fingerprint density at radius 3 is 1.39 bits per heavy atom. The maximum Gasteiger partial charge on any atom is 0.169 e. The van der Waals surface area contributed by atoms with E-state index in [2.05, 4.69) is 53.1 Å². The van der Waals surface area contributed by atoms with E-state index >= 15 is 0 Å². The maximum absolute atomic E-state index is 4.09. The molecule has 174 valence electrons. The van der Waals surface area contributed by atoms with Crippen LogP contribution in [0, 0.1) is 0 Å². The van der Waals surface area contributed by atoms with Gasteiger partial charge in [0.25, 0.3) is 0 Å². The summed E-state index contributed by atoms with van der Waals surface area (Å²) in [5, 5.41) is 0. The first-order chi connectivity index (χ1) is 14.9. The van der Waals surface area contributed by atoms with Crippen molar-refractivity contribution < 1.29 is 21.5 Å². The lowest BCUT2D eigenvalue weighted by atomic mass is 10.0. The molecule has 0 atom stereocenters. The quantitative estimate of drug-likeness (QED) is 0.205. The van der Waals surface area contributed by atoms with Crippen LogP contribution in [0.4, 0.5) is 0 Å². The van der Waals surface area contributed by atoms with Gasteiger partial charge in [0.2, 0.25) is 0 Å². The van der Waals surface area contributed by atoms with E-state index in [9.17, 15) is 0 Å². The molecule has 2 nitrogen and oxygen atoms in total. The van der Waals surface area contributed by atoms with Crippen molar-refractivity contribution in [1.82, 2.24) is 4.98 Å². The average molecular weight is 490 g/mol. The minimum atomic E-state index is 0. The molecule has 0 saturated carbocycles. The molecule has 0 aliphatic rings. The van der Waals surface area contributed by atoms with Gasteiger partial charge in [0.15, 0.2) is 12.4 Å². The zero-order chi connectivity index (χ0) is 21.1. The van der Waals surface area contributed by atoms with Crippen molar-refractivity contribution in [2.75, 3.05) is 0 Å². The average Bonchev–Trinajstić information content (AvgIpc) is 2.80. The fourth-order valence-corrected chi connectivity index (χ4v) is 4.19. The summed E-state index contributed by atoms with van der Waals surface area (Å²) in [4.78, 5) is 4.09. The summed E-state index contributed by atoms with van der Waals surface area (Å²) in [7, 11) is 0. The zero-order valence-corrected chi connectivity index (χ0v) is 21.5. The van der Waals surface area contributed by atoms with Gasteiger partial charge in [0.05, 0.1) is 0 Å². The van der Waals surface area contributed by atoms with Crippen molar-refractivity contribution in [2.45, 2.75) is 116 Å². The molecular weight excluding hydrogens is 444 g/mol. The summed E-state index contributed by atoms with van der Waals surface area (Å²) in [5.41, 5.74) is 2.50. The van der Waals surface area contributed by atoms with Crippen molar-refractivity contribution in [1.29, 1.82) is 0 Å². The number of aromatic nitrogens is 2. The molecule has 2 aromatic rings. The summed E-state index contributed by atoms with van der Waals surface area (Å²) < 4.78 is 2.31. The molecule has 0 unspecified atom stereocenters. The molecule has 2 rings (SSSR count). The predicted octanol–water partition coefficient (Wildman–Crippen LogP) is 5.30. The van der Waals surface area contributed by atoms with E-state index in [1.54, 1.807) is 0 Å². The molecule has 0 radical (unpaired) electrons. The molecule has 0 aliphatic heterocycles. The van der Waals surface area contributed by atoms with Crippen LogP contribution in [0.3, 0.4) is 0 Å². The molecule has 2 heterocycles. The van der Waals surface area contributed by atoms with E-state index in [0.29, 0.717) is 0 Å². The van der Waals surface area contributed by atoms with E-state index in [-0.39, 0.29) is 17.0 Å². The van der Waals surface area contributed by atoms with Crippen molar-refractivity contribution in [2.24, 2.45) is 0 Å². The lowest BCUT2D eigenvalue weighted by molar-refractivity contribution is -0.697. The van der Waals surface area contributed by atoms with E-state index in [1.807, 2.05) is 12.4 Å². The number of unbranched alkanes of at least 4 members (excludes halogenated alkanes) is 15. The van der Waals surface area contributed by atoms with Crippen LogP contribution in [0.25, 0.3) is 11.1 Å². The molecule has 0 N–H and O–H groups in total. The van der Waals surface area contributed by atoms with Gasteiger partial charge in [-0.15, -0.1) is 0 Å². The van der Waals surface area contributed by atoms with Crippen LogP contribution in [0.15, 0.2) is 49.1 Å². The lowest BCUT2D eigenvalue weighted by Crippen LogP contribution is -3.00. The summed E-state index contributed by atoms with van der Waals surface area (Å²) >= 11 is 0. The van der Waals surface area contributed by atoms with Gasteiger partial charge >= 0.3 is 0 Å². The topological polar surface area (TPSA) is 16.8 Å². The minimum absolute atomic E-state index is 0. The summed E-state index contributed by atoms with van der Waals surface area (Å²) in [6, 6.07) is 8.55. The predicted molar refractivity (Wildman–Crippen MR) is 129 cm³/mol. The molecule has 0 amide bonds. The van der Waals surface area contributed by atoms with E-state index in [4.69, 9.17) is 0 Å². The first kappa shape index (κ1) is 27.8. The molecule has 2 aromatic heterocycles. The highest BCUT2D eigenvalue weighted by molar-refractivity contribution is 5.61. The Kier molecular flexibility index (Phi) is 17.5. The molecule has 0 saturated heterocycles. The molecule has 0 aromatic carbocycles. The van der Waals surface area contributed by atoms with Crippen LogP contribution in [-0.2, 0) is 6.54 Å². The molecule has 0 aliphatic carbocycles. The Morgan fingerprint density at radius 2 is 0.935 bits per heavy atom. The first-order valence-corrected chi connectivity index (χ1v) is 12.8. The van der Waals surface area contributed by atoms with Crippen LogP contribution < -0.4 is 21.5 Å². The van der Waals surface area contributed by atoms with Crippen LogP contribution in [-0.4, -0.2) is 4.98 Å². The van der Waals surface area contributed by atoms with E-state index < -0.39 is 0 Å². The third-order valence-electron chi connectivity index (χ3n) is 6.17. The number of hydrogen-bond donors (Lipinski definition) is 0. The smallest absolute Gasteiger partial charge is 0.169 e. The molecule has 0 bridgehead atoms. The largest absolute Gasteiger partial charge is 1.00 e. The van der Waals surface area contributed by atoms with Crippen molar-refractivity contribution in [3.8, 4) is 11.1 Å². The molecule has 31 heavy (non-hydrogen) atoms. The van der Waals surface area contributed by atoms with Gasteiger partial charge in [-0.25, -0.2) is 4.57 Å². The van der Waals surface area contributed by atoms with Gasteiger partial charge in [-0.05, 0) is 29.7 Å². The van der Waals surface area contributed by atoms with Gasteiger partial charge in [-0.2, -0.15) is 0 Å². The van der Waals surface area contributed by atoms with Crippen LogP contribution in [0.5, 0.6) is 0 Å². The second kappa shape index (κ2) is 19.5. The molecule has 0 spiro atoms. The molecule has 3 heteroatoms. The van der Waals surface area contributed by atoms with Crippen LogP contribution >= 0.6 is 0 Å². The summed E-state index contributed by atoms with van der Waals surface area (Å²) in [6.45, 7) is 3.43. The SMILES string of the molecule is CCCCCCCCCCCCCCCCCC[n+]1ccc(-c2ccncc2)cc1.[Br-]. The Labute approximate surface area is 202 Å². The Bertz CT molecular complexity index is 627. The van der Waals surface area contributed by atoms with Gasteiger partial charge in [-0.1, -0.05) is 96.8 Å². The lowest BCUT2D eigenvalue weighted by Gasteiger charge is -2.03. The highest BCUT2D eigenvalue weighted by atomic mass is 79.9. The Balaban J connectivity index is 0.00000480. The van der Waals surface area contributed by atoms with Crippen LogP contribution in [0.1, 0.15) is 110 Å². The van der Waals surface area contributed by atoms with E-state index in [0.717, 1.165) is 6.54 Å². The number of aryl methyl sites for hydroxylation is 1. The monoisotopic (exact) mass is 488 g/mol. The van der Waals surface area contributed by atoms with Gasteiger partial charge < -0.3 is 17.0 Å². The number of hydrogen-bond acceptors (Lipinski definition) is 1. The zero-order valence-electron chi connectivity index (χ0n) is 19.9. The van der Waals surface area contributed by atoms with Gasteiger partial charge in [0, 0.05) is 30.9 Å². The standard InChI is InChI=1S/C28H45N2.BrH/c1-2-3-4-5-6-7-8-9-10-11-12-13-14-15-16-17-24-30-25-20-28(21-26-30)27-18-22-29-23-19-27;/h18-23,25-26H,2-17,24H2,1H3;1H/q+1;/p-1. The number of pyridine rings is 2. The van der Waals surface area contributed by atoms with Crippen molar-refractivity contribution in [3.05, 3.63) is 49.1 Å². The summed E-state index contributed by atoms with van der Waals surface area (Å²) in [6.07, 6.45) is 31.0. The minimum Gasteiger partial charge on any atom is -1.00 e. The fraction of sp³-hybridized carbons (Fsp3) is 0.643. The van der Waals surface area contributed by atoms with Crippen LogP contribution in [0.2, 0.25) is 0 Å². The number of nitrogens with zero attached hydrogens (tertiary/aromatic N) is 2. The third kappa shape index (κ3) is 13.7. The molecule has 0 fully saturated rings. The maximum atomic E-state index is 4.09. The highest BCUT2D eigenvalue weighted by Gasteiger charge is 2.03. The van der Waals surface area contributed by atoms with E-state index in [1.165, 1.54) is 114 Å². The first-order valence-electron chi connectivity index (χ1n) is 12.8. The highest BCUT2D eigenvalue weighted by Crippen LogP contribution is 2.16. The van der Waals surface area contributed by atoms with Gasteiger partial charge in [-0.3, -0.25) is 4.98 Å². The van der Waals surface area contributed by atoms with Crippen molar-refractivity contribution in [3.63, 3.8) is 0 Å². The fourth-order valence-electron chi connectivity index (χ4n) is 4.19. The second-order valence-corrected chi connectivity index (χ2v) is 8.86. The molecular formula is C28H45BrN2. The van der Waals surface area contributed by atoms with Crippen molar-refractivity contribution >= 4 is 0 Å². The normalized spacial score (nSPS) is 10.7. The summed E-state index contributed by atoms with van der Waals surface area (Å²) in [5.74, 6) is 0. The number of rotatable bonds is 18. The third-order valence-corrected chi connectivity index (χ3v) is 6.17. The Hall–Kier alpha value is -1.22. The number of halogens is 1. The van der Waals surface area contributed by atoms with Gasteiger partial charge in [0.1, 0.15) is 6.54 Å². The second-order valence-electron chi connectivity index (χ2n) is 8.86. The Morgan fingerprint density at radius 1 is 0.548 bits per heavy atom.